The number of carbonyl (C=O) groups is 1. The molecule has 19 heavy (non-hydrogen) atoms. The first-order chi connectivity index (χ1) is 8.96. The number of ether oxygens (including phenoxy) is 1. The largest absolute Gasteiger partial charge is 0.380 e. The fraction of sp³-hybridized carbons (Fsp3) is 0.417. The maximum absolute atomic E-state index is 12.5. The molecule has 0 aliphatic carbocycles. The maximum atomic E-state index is 12.5. The van der Waals surface area contributed by atoms with Crippen molar-refractivity contribution < 1.29 is 17.9 Å². The zero-order valence-electron chi connectivity index (χ0n) is 10.6. The number of nitrogens with two attached hydrogens (primary N) is 1. The Morgan fingerprint density at radius 3 is 2.68 bits per heavy atom. The molecular formula is C12H16N2O4S. The van der Waals surface area contributed by atoms with Gasteiger partial charge in [-0.15, -0.1) is 0 Å². The van der Waals surface area contributed by atoms with Crippen LogP contribution in [-0.2, 0) is 14.8 Å². The van der Waals surface area contributed by atoms with Gasteiger partial charge in [0.2, 0.25) is 15.9 Å². The van der Waals surface area contributed by atoms with Crippen molar-refractivity contribution in [3.05, 3.63) is 29.8 Å². The van der Waals surface area contributed by atoms with Crippen LogP contribution < -0.4 is 5.73 Å². The molecule has 1 aliphatic rings. The van der Waals surface area contributed by atoms with Crippen molar-refractivity contribution in [2.45, 2.75) is 17.4 Å². The minimum atomic E-state index is -3.70. The highest BCUT2D eigenvalue weighted by atomic mass is 32.2. The van der Waals surface area contributed by atoms with Gasteiger partial charge in [-0.3, -0.25) is 4.79 Å². The molecule has 0 aromatic heterocycles. The molecule has 1 heterocycles. The number of benzene rings is 1. The Bertz CT molecular complexity index is 585. The summed E-state index contributed by atoms with van der Waals surface area (Å²) in [6, 6.07) is 5.97. The van der Waals surface area contributed by atoms with Gasteiger partial charge in [0.05, 0.1) is 16.6 Å². The van der Waals surface area contributed by atoms with Gasteiger partial charge >= 0.3 is 0 Å². The van der Waals surface area contributed by atoms with Gasteiger partial charge in [-0.25, -0.2) is 8.42 Å². The molecule has 1 aliphatic heterocycles. The summed E-state index contributed by atoms with van der Waals surface area (Å²) in [5.74, 6) is -0.748. The van der Waals surface area contributed by atoms with Crippen LogP contribution in [0.5, 0.6) is 0 Å². The number of hydrogen-bond acceptors (Lipinski definition) is 4. The number of amides is 1. The minimum Gasteiger partial charge on any atom is -0.380 e. The van der Waals surface area contributed by atoms with Crippen molar-refractivity contribution in [1.82, 2.24) is 4.31 Å². The third kappa shape index (κ3) is 2.63. The van der Waals surface area contributed by atoms with Crippen LogP contribution in [0, 0.1) is 0 Å². The SMILES string of the molecule is CO[C@H]1CCN(S(=O)(=O)c2ccccc2C(N)=O)C1. The zero-order valence-corrected chi connectivity index (χ0v) is 11.4. The normalized spacial score (nSPS) is 20.6. The molecule has 104 valence electrons. The molecule has 6 nitrogen and oxygen atoms in total. The Morgan fingerprint density at radius 2 is 2.11 bits per heavy atom. The lowest BCUT2D eigenvalue weighted by molar-refractivity contribution is 0.0997. The van der Waals surface area contributed by atoms with E-state index in [0.717, 1.165) is 0 Å². The van der Waals surface area contributed by atoms with E-state index in [2.05, 4.69) is 0 Å². The standard InChI is InChI=1S/C12H16N2O4S/c1-18-9-6-7-14(8-9)19(16,17)11-5-3-2-4-10(11)12(13)15/h2-5,9H,6-8H2,1H3,(H2,13,15)/t9-/m0/s1. The van der Waals surface area contributed by atoms with Crippen LogP contribution in [0.25, 0.3) is 0 Å². The van der Waals surface area contributed by atoms with Gasteiger partial charge in [0.25, 0.3) is 0 Å². The maximum Gasteiger partial charge on any atom is 0.250 e. The molecule has 0 radical (unpaired) electrons. The molecule has 0 unspecified atom stereocenters. The van der Waals surface area contributed by atoms with E-state index < -0.39 is 15.9 Å². The Hall–Kier alpha value is -1.44. The first kappa shape index (κ1) is 14.0. The van der Waals surface area contributed by atoms with E-state index in [1.54, 1.807) is 19.2 Å². The quantitative estimate of drug-likeness (QED) is 0.855. The van der Waals surface area contributed by atoms with Gasteiger partial charge < -0.3 is 10.5 Å². The van der Waals surface area contributed by atoms with E-state index in [0.29, 0.717) is 19.5 Å². The van der Waals surface area contributed by atoms with Crippen LogP contribution in [0.15, 0.2) is 29.2 Å². The number of carbonyl (C=O) groups excluding carboxylic acids is 1. The first-order valence-corrected chi connectivity index (χ1v) is 7.32. The molecule has 1 atom stereocenters. The molecule has 2 rings (SSSR count). The highest BCUT2D eigenvalue weighted by molar-refractivity contribution is 7.89. The van der Waals surface area contributed by atoms with Gasteiger partial charge in [0, 0.05) is 20.2 Å². The molecule has 1 aromatic carbocycles. The summed E-state index contributed by atoms with van der Waals surface area (Å²) < 4.78 is 31.4. The molecule has 0 saturated carbocycles. The van der Waals surface area contributed by atoms with E-state index in [-0.39, 0.29) is 16.6 Å². The molecule has 1 saturated heterocycles. The van der Waals surface area contributed by atoms with Gasteiger partial charge in [-0.05, 0) is 18.6 Å². The zero-order chi connectivity index (χ0) is 14.0. The van der Waals surface area contributed by atoms with Crippen LogP contribution in [0.4, 0.5) is 0 Å². The Balaban J connectivity index is 2.38. The van der Waals surface area contributed by atoms with Gasteiger partial charge in [0.1, 0.15) is 0 Å². The number of rotatable bonds is 4. The summed E-state index contributed by atoms with van der Waals surface area (Å²) in [7, 11) is -2.15. The summed E-state index contributed by atoms with van der Waals surface area (Å²) in [4.78, 5) is 11.3. The third-order valence-electron chi connectivity index (χ3n) is 3.21. The predicted molar refractivity (Wildman–Crippen MR) is 69.1 cm³/mol. The summed E-state index contributed by atoms with van der Waals surface area (Å²) in [5.41, 5.74) is 5.23. The second kappa shape index (κ2) is 5.28. The Morgan fingerprint density at radius 1 is 1.42 bits per heavy atom. The fourth-order valence-corrected chi connectivity index (χ4v) is 3.83. The fourth-order valence-electron chi connectivity index (χ4n) is 2.14. The van der Waals surface area contributed by atoms with Crippen LogP contribution in [0.1, 0.15) is 16.8 Å². The lowest BCUT2D eigenvalue weighted by Gasteiger charge is -2.17. The van der Waals surface area contributed by atoms with Crippen molar-refractivity contribution in [1.29, 1.82) is 0 Å². The second-order valence-corrected chi connectivity index (χ2v) is 6.28. The summed E-state index contributed by atoms with van der Waals surface area (Å²) in [6.45, 7) is 0.680. The Labute approximate surface area is 112 Å². The number of primary amides is 1. The molecule has 7 heteroatoms. The van der Waals surface area contributed by atoms with E-state index >= 15 is 0 Å². The van der Waals surface area contributed by atoms with Crippen LogP contribution in [-0.4, -0.2) is 44.9 Å². The average molecular weight is 284 g/mol. The van der Waals surface area contributed by atoms with E-state index in [4.69, 9.17) is 10.5 Å². The monoisotopic (exact) mass is 284 g/mol. The van der Waals surface area contributed by atoms with Crippen LogP contribution in [0.2, 0.25) is 0 Å². The van der Waals surface area contributed by atoms with Crippen molar-refractivity contribution in [2.24, 2.45) is 5.73 Å². The number of methoxy groups -OCH3 is 1. The van der Waals surface area contributed by atoms with Gasteiger partial charge in [-0.1, -0.05) is 12.1 Å². The topological polar surface area (TPSA) is 89.7 Å². The Kier molecular flexibility index (Phi) is 3.88. The van der Waals surface area contributed by atoms with E-state index in [1.165, 1.54) is 16.4 Å². The van der Waals surface area contributed by atoms with Gasteiger partial charge in [0.15, 0.2) is 0 Å². The molecule has 0 bridgehead atoms. The average Bonchev–Trinajstić information content (AvgIpc) is 2.88. The minimum absolute atomic E-state index is 0.0170. The number of hydrogen-bond donors (Lipinski definition) is 1. The van der Waals surface area contributed by atoms with Gasteiger partial charge in [-0.2, -0.15) is 4.31 Å². The molecule has 0 spiro atoms. The summed E-state index contributed by atoms with van der Waals surface area (Å²) >= 11 is 0. The lowest BCUT2D eigenvalue weighted by atomic mass is 10.2. The van der Waals surface area contributed by atoms with Crippen LogP contribution >= 0.6 is 0 Å². The molecule has 1 amide bonds. The lowest BCUT2D eigenvalue weighted by Crippen LogP contribution is -2.31. The van der Waals surface area contributed by atoms with Crippen molar-refractivity contribution in [3.8, 4) is 0 Å². The summed E-state index contributed by atoms with van der Waals surface area (Å²) in [5, 5.41) is 0. The smallest absolute Gasteiger partial charge is 0.250 e. The highest BCUT2D eigenvalue weighted by Crippen LogP contribution is 2.24. The molecule has 1 fully saturated rings. The summed E-state index contributed by atoms with van der Waals surface area (Å²) in [6.07, 6.45) is 0.546. The second-order valence-electron chi connectivity index (χ2n) is 4.37. The highest BCUT2D eigenvalue weighted by Gasteiger charge is 2.34. The molecular weight excluding hydrogens is 268 g/mol. The third-order valence-corrected chi connectivity index (χ3v) is 5.13. The number of nitrogens with zero attached hydrogens (tertiary/aromatic N) is 1. The van der Waals surface area contributed by atoms with E-state index in [1.807, 2.05) is 0 Å². The predicted octanol–water partition coefficient (Wildman–Crippen LogP) is 0.195. The van der Waals surface area contributed by atoms with E-state index in [9.17, 15) is 13.2 Å². The van der Waals surface area contributed by atoms with Crippen molar-refractivity contribution in [3.63, 3.8) is 0 Å². The van der Waals surface area contributed by atoms with Crippen LogP contribution in [0.3, 0.4) is 0 Å². The molecule has 2 N–H and O–H groups in total. The molecule has 1 aromatic rings. The first-order valence-electron chi connectivity index (χ1n) is 5.88. The van der Waals surface area contributed by atoms with Crippen molar-refractivity contribution >= 4 is 15.9 Å². The number of sulfonamides is 1. The van der Waals surface area contributed by atoms with Crippen molar-refractivity contribution in [2.75, 3.05) is 20.2 Å².